The van der Waals surface area contributed by atoms with Crippen molar-refractivity contribution in [3.05, 3.63) is 0 Å². The Morgan fingerprint density at radius 2 is 1.86 bits per heavy atom. The van der Waals surface area contributed by atoms with Crippen LogP contribution in [0.3, 0.4) is 0 Å². The van der Waals surface area contributed by atoms with Crippen molar-refractivity contribution < 1.29 is 4.79 Å². The van der Waals surface area contributed by atoms with Gasteiger partial charge in [-0.25, -0.2) is 0 Å². The third kappa shape index (κ3) is 2.05. The number of hydrogen-bond acceptors (Lipinski definition) is 1. The van der Waals surface area contributed by atoms with Crippen LogP contribution in [0, 0.1) is 11.8 Å². The highest BCUT2D eigenvalue weighted by Gasteiger charge is 2.31. The maximum Gasteiger partial charge on any atom is 0.225 e. The molecular weight excluding hydrogens is 198 g/mol. The van der Waals surface area contributed by atoms with Gasteiger partial charge in [0.05, 0.1) is 0 Å². The van der Waals surface area contributed by atoms with Gasteiger partial charge in [-0.15, -0.1) is 11.6 Å². The maximum absolute atomic E-state index is 11.9. The Kier molecular flexibility index (Phi) is 3.32. The van der Waals surface area contributed by atoms with Crippen LogP contribution >= 0.6 is 11.6 Å². The molecule has 1 aliphatic carbocycles. The molecule has 1 heterocycles. The van der Waals surface area contributed by atoms with Crippen molar-refractivity contribution in [3.63, 3.8) is 0 Å². The number of carbonyl (C=O) groups excluding carboxylic acids is 1. The van der Waals surface area contributed by atoms with Crippen molar-refractivity contribution in [2.75, 3.05) is 19.0 Å². The minimum atomic E-state index is 0.363. The number of hydrogen-bond donors (Lipinski definition) is 0. The molecule has 0 aromatic carbocycles. The molecule has 0 radical (unpaired) electrons. The van der Waals surface area contributed by atoms with Crippen LogP contribution in [0.4, 0.5) is 0 Å². The fourth-order valence-corrected chi connectivity index (χ4v) is 2.53. The Hall–Kier alpha value is -0.240. The van der Waals surface area contributed by atoms with Gasteiger partial charge in [-0.2, -0.15) is 0 Å². The Labute approximate surface area is 90.6 Å². The first kappa shape index (κ1) is 10.3. The highest BCUT2D eigenvalue weighted by atomic mass is 35.5. The number of nitrogens with zero attached hydrogens (tertiary/aromatic N) is 1. The number of carbonyl (C=O) groups is 1. The largest absolute Gasteiger partial charge is 0.342 e. The fourth-order valence-electron chi connectivity index (χ4n) is 2.22. The molecule has 0 atom stereocenters. The quantitative estimate of drug-likeness (QED) is 0.648. The third-order valence-electron chi connectivity index (χ3n) is 3.60. The molecule has 3 heteroatoms. The number of halogens is 1. The molecule has 0 aromatic rings. The molecule has 1 aliphatic heterocycles. The lowest BCUT2D eigenvalue weighted by molar-refractivity contribution is -0.139. The summed E-state index contributed by atoms with van der Waals surface area (Å²) in [5.41, 5.74) is 0. The Balaban J connectivity index is 1.79. The Morgan fingerprint density at radius 3 is 2.29 bits per heavy atom. The van der Waals surface area contributed by atoms with Crippen molar-refractivity contribution in [1.82, 2.24) is 4.90 Å². The van der Waals surface area contributed by atoms with Crippen molar-refractivity contribution in [3.8, 4) is 0 Å². The molecule has 0 aromatic heterocycles. The van der Waals surface area contributed by atoms with Crippen molar-refractivity contribution in [2.24, 2.45) is 11.8 Å². The minimum Gasteiger partial charge on any atom is -0.342 e. The lowest BCUT2D eigenvalue weighted by Crippen LogP contribution is -2.43. The van der Waals surface area contributed by atoms with Gasteiger partial charge in [-0.3, -0.25) is 4.79 Å². The zero-order valence-electron chi connectivity index (χ0n) is 8.54. The predicted octanol–water partition coefficient (Wildman–Crippen LogP) is 2.26. The van der Waals surface area contributed by atoms with E-state index in [1.165, 1.54) is 6.42 Å². The van der Waals surface area contributed by atoms with Gasteiger partial charge in [0, 0.05) is 24.9 Å². The molecule has 14 heavy (non-hydrogen) atoms. The molecule has 0 spiro atoms. The summed E-state index contributed by atoms with van der Waals surface area (Å²) in [6, 6.07) is 0. The molecule has 0 unspecified atom stereocenters. The topological polar surface area (TPSA) is 20.3 Å². The molecule has 80 valence electrons. The lowest BCUT2D eigenvalue weighted by atomic mass is 9.83. The number of likely N-dealkylation sites (tertiary alicyclic amines) is 1. The summed E-state index contributed by atoms with van der Waals surface area (Å²) >= 11 is 5.81. The van der Waals surface area contributed by atoms with Crippen LogP contribution in [-0.2, 0) is 4.79 Å². The smallest absolute Gasteiger partial charge is 0.225 e. The van der Waals surface area contributed by atoms with Crippen LogP contribution in [0.15, 0.2) is 0 Å². The average molecular weight is 216 g/mol. The molecule has 2 fully saturated rings. The van der Waals surface area contributed by atoms with Crippen LogP contribution in [0.5, 0.6) is 0 Å². The molecule has 2 nitrogen and oxygen atoms in total. The van der Waals surface area contributed by atoms with Crippen LogP contribution in [0.2, 0.25) is 0 Å². The first-order chi connectivity index (χ1) is 6.81. The van der Waals surface area contributed by atoms with Gasteiger partial charge in [0.1, 0.15) is 0 Å². The zero-order chi connectivity index (χ0) is 9.97. The van der Waals surface area contributed by atoms with Crippen molar-refractivity contribution in [2.45, 2.75) is 32.1 Å². The summed E-state index contributed by atoms with van der Waals surface area (Å²) < 4.78 is 0. The fraction of sp³-hybridized carbons (Fsp3) is 0.909. The molecule has 0 N–H and O–H groups in total. The summed E-state index contributed by atoms with van der Waals surface area (Å²) in [5.74, 6) is 2.17. The highest BCUT2D eigenvalue weighted by Crippen LogP contribution is 2.30. The first-order valence-corrected chi connectivity index (χ1v) is 6.19. The van der Waals surface area contributed by atoms with Gasteiger partial charge in [0.15, 0.2) is 0 Å². The van der Waals surface area contributed by atoms with E-state index in [0.29, 0.717) is 17.7 Å². The van der Waals surface area contributed by atoms with E-state index in [4.69, 9.17) is 11.6 Å². The summed E-state index contributed by atoms with van der Waals surface area (Å²) in [5, 5.41) is 0. The van der Waals surface area contributed by atoms with E-state index in [9.17, 15) is 4.79 Å². The van der Waals surface area contributed by atoms with Gasteiger partial charge in [-0.05, 0) is 31.6 Å². The second kappa shape index (κ2) is 4.52. The van der Waals surface area contributed by atoms with Crippen LogP contribution in [0.1, 0.15) is 32.1 Å². The van der Waals surface area contributed by atoms with E-state index in [2.05, 4.69) is 0 Å². The normalized spacial score (nSPS) is 24.8. The SMILES string of the molecule is O=C(C1CCC1)N1CCC(CCl)CC1. The summed E-state index contributed by atoms with van der Waals surface area (Å²) in [4.78, 5) is 13.9. The standard InChI is InChI=1S/C11H18ClNO/c12-8-9-4-6-13(7-5-9)11(14)10-2-1-3-10/h9-10H,1-8H2. The second-order valence-corrected chi connectivity index (χ2v) is 4.86. The summed E-state index contributed by atoms with van der Waals surface area (Å²) in [7, 11) is 0. The molecule has 1 saturated carbocycles. The number of amides is 1. The molecule has 1 amide bonds. The van der Waals surface area contributed by atoms with Gasteiger partial charge in [0.25, 0.3) is 0 Å². The summed E-state index contributed by atoms with van der Waals surface area (Å²) in [6.07, 6.45) is 5.68. The molecule has 2 rings (SSSR count). The highest BCUT2D eigenvalue weighted by molar-refractivity contribution is 6.18. The summed E-state index contributed by atoms with van der Waals surface area (Å²) in [6.45, 7) is 1.87. The van der Waals surface area contributed by atoms with Gasteiger partial charge < -0.3 is 4.90 Å². The van der Waals surface area contributed by atoms with Gasteiger partial charge >= 0.3 is 0 Å². The van der Waals surface area contributed by atoms with Crippen LogP contribution in [0.25, 0.3) is 0 Å². The lowest BCUT2D eigenvalue weighted by Gasteiger charge is -2.36. The Bertz CT molecular complexity index is 207. The molecule has 2 aliphatic rings. The van der Waals surface area contributed by atoms with Gasteiger partial charge in [-0.1, -0.05) is 6.42 Å². The van der Waals surface area contributed by atoms with Crippen molar-refractivity contribution in [1.29, 1.82) is 0 Å². The van der Waals surface area contributed by atoms with Crippen LogP contribution < -0.4 is 0 Å². The average Bonchev–Trinajstić information content (AvgIpc) is 2.15. The maximum atomic E-state index is 11.9. The first-order valence-electron chi connectivity index (χ1n) is 5.66. The molecule has 0 bridgehead atoms. The second-order valence-electron chi connectivity index (χ2n) is 4.55. The minimum absolute atomic E-state index is 0.363. The molecular formula is C11H18ClNO. The zero-order valence-corrected chi connectivity index (χ0v) is 9.30. The Morgan fingerprint density at radius 1 is 1.21 bits per heavy atom. The van der Waals surface area contributed by atoms with E-state index < -0.39 is 0 Å². The number of rotatable bonds is 2. The van der Waals surface area contributed by atoms with E-state index in [1.54, 1.807) is 0 Å². The third-order valence-corrected chi connectivity index (χ3v) is 4.04. The monoisotopic (exact) mass is 215 g/mol. The van der Waals surface area contributed by atoms with E-state index in [-0.39, 0.29) is 0 Å². The van der Waals surface area contributed by atoms with Crippen molar-refractivity contribution >= 4 is 17.5 Å². The predicted molar refractivity (Wildman–Crippen MR) is 57.4 cm³/mol. The molecule has 1 saturated heterocycles. The van der Waals surface area contributed by atoms with E-state index >= 15 is 0 Å². The number of alkyl halides is 1. The van der Waals surface area contributed by atoms with E-state index in [0.717, 1.165) is 44.7 Å². The number of piperidine rings is 1. The van der Waals surface area contributed by atoms with Crippen LogP contribution in [-0.4, -0.2) is 29.8 Å². The van der Waals surface area contributed by atoms with E-state index in [1.807, 2.05) is 4.90 Å². The van der Waals surface area contributed by atoms with Gasteiger partial charge in [0.2, 0.25) is 5.91 Å².